The molecule has 0 spiro atoms. The second-order valence-electron chi connectivity index (χ2n) is 6.47. The van der Waals surface area contributed by atoms with Crippen LogP contribution in [0.2, 0.25) is 0 Å². The van der Waals surface area contributed by atoms with Crippen molar-refractivity contribution in [1.82, 2.24) is 15.1 Å². The summed E-state index contributed by atoms with van der Waals surface area (Å²) in [5, 5.41) is 2.88. The summed E-state index contributed by atoms with van der Waals surface area (Å²) in [5.41, 5.74) is 3.72. The predicted octanol–water partition coefficient (Wildman–Crippen LogP) is 2.63. The van der Waals surface area contributed by atoms with Gasteiger partial charge in [-0.3, -0.25) is 4.79 Å². The molecule has 0 aromatic heterocycles. The summed E-state index contributed by atoms with van der Waals surface area (Å²) in [6.45, 7) is 5.35. The van der Waals surface area contributed by atoms with Gasteiger partial charge in [-0.05, 0) is 43.4 Å². The summed E-state index contributed by atoms with van der Waals surface area (Å²) >= 11 is 0. The molecule has 1 heterocycles. The van der Waals surface area contributed by atoms with Crippen LogP contribution in [0.5, 0.6) is 0 Å². The Labute approximate surface area is 138 Å². The van der Waals surface area contributed by atoms with Crippen molar-refractivity contribution in [3.63, 3.8) is 0 Å². The summed E-state index contributed by atoms with van der Waals surface area (Å²) in [5.74, 6) is 0.0254. The molecule has 0 aliphatic carbocycles. The summed E-state index contributed by atoms with van der Waals surface area (Å²) in [6, 6.07) is 6.49. The Hall–Kier alpha value is -2.04. The third kappa shape index (κ3) is 4.24. The number of carbonyl (C=O) groups is 2. The predicted molar refractivity (Wildman–Crippen MR) is 91.3 cm³/mol. The number of carbonyl (C=O) groups excluding carboxylic acids is 2. The first kappa shape index (κ1) is 17.3. The van der Waals surface area contributed by atoms with E-state index in [9.17, 15) is 9.59 Å². The number of urea groups is 1. The standard InChI is InChI=1S/C18H27N3O2/c1-13-7-8-15(12-14(13)2)16-6-5-11-21(16)18(23)19-10-9-17(22)20(3)4/h7-8,12,16H,5-6,9-11H2,1-4H3,(H,19,23). The van der Waals surface area contributed by atoms with Gasteiger partial charge in [0.05, 0.1) is 6.04 Å². The van der Waals surface area contributed by atoms with E-state index in [1.54, 1.807) is 19.0 Å². The highest BCUT2D eigenvalue weighted by atomic mass is 16.2. The van der Waals surface area contributed by atoms with Crippen LogP contribution in [0.3, 0.4) is 0 Å². The number of nitrogens with one attached hydrogen (secondary N) is 1. The molecular formula is C18H27N3O2. The number of hydrogen-bond donors (Lipinski definition) is 1. The molecule has 1 aliphatic rings. The third-order valence-electron chi connectivity index (χ3n) is 4.54. The Balaban J connectivity index is 1.96. The van der Waals surface area contributed by atoms with E-state index in [0.29, 0.717) is 13.0 Å². The van der Waals surface area contributed by atoms with Gasteiger partial charge in [0.15, 0.2) is 0 Å². The molecule has 23 heavy (non-hydrogen) atoms. The Bertz CT molecular complexity index is 584. The molecule has 0 radical (unpaired) electrons. The number of nitrogens with zero attached hydrogens (tertiary/aromatic N) is 2. The quantitative estimate of drug-likeness (QED) is 0.928. The van der Waals surface area contributed by atoms with Crippen LogP contribution in [-0.4, -0.2) is 48.9 Å². The van der Waals surface area contributed by atoms with E-state index in [4.69, 9.17) is 0 Å². The average Bonchev–Trinajstić information content (AvgIpc) is 2.99. The van der Waals surface area contributed by atoms with Crippen LogP contribution in [0.1, 0.15) is 42.0 Å². The molecule has 5 heteroatoms. The lowest BCUT2D eigenvalue weighted by Crippen LogP contribution is -2.40. The number of rotatable bonds is 4. The summed E-state index contributed by atoms with van der Waals surface area (Å²) in [4.78, 5) is 27.4. The number of amides is 3. The molecular weight excluding hydrogens is 290 g/mol. The van der Waals surface area contributed by atoms with Crippen LogP contribution >= 0.6 is 0 Å². The van der Waals surface area contributed by atoms with Crippen LogP contribution < -0.4 is 5.32 Å². The molecule has 2 rings (SSSR count). The highest BCUT2D eigenvalue weighted by Crippen LogP contribution is 2.32. The molecule has 126 valence electrons. The lowest BCUT2D eigenvalue weighted by Gasteiger charge is -2.26. The SMILES string of the molecule is Cc1ccc(C2CCCN2C(=O)NCCC(=O)N(C)C)cc1C. The normalized spacial score (nSPS) is 17.2. The van der Waals surface area contributed by atoms with Gasteiger partial charge >= 0.3 is 6.03 Å². The molecule has 1 aromatic carbocycles. The largest absolute Gasteiger partial charge is 0.349 e. The van der Waals surface area contributed by atoms with Gasteiger partial charge in [-0.1, -0.05) is 18.2 Å². The van der Waals surface area contributed by atoms with Gasteiger partial charge in [0.2, 0.25) is 5.91 Å². The van der Waals surface area contributed by atoms with Crippen molar-refractivity contribution in [2.45, 2.75) is 39.2 Å². The van der Waals surface area contributed by atoms with Gasteiger partial charge in [0.1, 0.15) is 0 Å². The van der Waals surface area contributed by atoms with Crippen LogP contribution in [0.4, 0.5) is 4.79 Å². The number of benzene rings is 1. The van der Waals surface area contributed by atoms with E-state index >= 15 is 0 Å². The van der Waals surface area contributed by atoms with Crippen LogP contribution in [0.15, 0.2) is 18.2 Å². The Morgan fingerprint density at radius 2 is 2.00 bits per heavy atom. The molecule has 1 aliphatic heterocycles. The summed E-state index contributed by atoms with van der Waals surface area (Å²) < 4.78 is 0. The fourth-order valence-electron chi connectivity index (χ4n) is 2.93. The summed E-state index contributed by atoms with van der Waals surface area (Å²) in [6.07, 6.45) is 2.34. The lowest BCUT2D eigenvalue weighted by atomic mass is 9.99. The molecule has 1 aromatic rings. The van der Waals surface area contributed by atoms with Gasteiger partial charge < -0.3 is 15.1 Å². The second-order valence-corrected chi connectivity index (χ2v) is 6.47. The van der Waals surface area contributed by atoms with Crippen LogP contribution in [0, 0.1) is 13.8 Å². The second kappa shape index (κ2) is 7.49. The van der Waals surface area contributed by atoms with E-state index in [1.165, 1.54) is 16.7 Å². The zero-order valence-electron chi connectivity index (χ0n) is 14.6. The van der Waals surface area contributed by atoms with E-state index in [-0.39, 0.29) is 18.0 Å². The Morgan fingerprint density at radius 1 is 1.26 bits per heavy atom. The van der Waals surface area contributed by atoms with E-state index in [2.05, 4.69) is 37.4 Å². The van der Waals surface area contributed by atoms with Gasteiger partial charge in [-0.2, -0.15) is 0 Å². The van der Waals surface area contributed by atoms with E-state index < -0.39 is 0 Å². The van der Waals surface area contributed by atoms with E-state index in [1.807, 2.05) is 4.90 Å². The van der Waals surface area contributed by atoms with Crippen molar-refractivity contribution in [1.29, 1.82) is 0 Å². The highest BCUT2D eigenvalue weighted by Gasteiger charge is 2.29. The molecule has 0 bridgehead atoms. The minimum absolute atomic E-state index is 0.0254. The molecule has 0 saturated carbocycles. The first-order chi connectivity index (χ1) is 10.9. The van der Waals surface area contributed by atoms with Crippen molar-refractivity contribution >= 4 is 11.9 Å². The highest BCUT2D eigenvalue weighted by molar-refractivity contribution is 5.78. The fraction of sp³-hybridized carbons (Fsp3) is 0.556. The monoisotopic (exact) mass is 317 g/mol. The van der Waals surface area contributed by atoms with Crippen molar-refractivity contribution in [3.8, 4) is 0 Å². The van der Waals surface area contributed by atoms with Gasteiger partial charge in [-0.25, -0.2) is 4.79 Å². The summed E-state index contributed by atoms with van der Waals surface area (Å²) in [7, 11) is 3.45. The Kier molecular flexibility index (Phi) is 5.64. The average molecular weight is 317 g/mol. The Morgan fingerprint density at radius 3 is 2.65 bits per heavy atom. The van der Waals surface area contributed by atoms with Crippen molar-refractivity contribution in [2.24, 2.45) is 0 Å². The van der Waals surface area contributed by atoms with Gasteiger partial charge in [0.25, 0.3) is 0 Å². The third-order valence-corrected chi connectivity index (χ3v) is 4.54. The topological polar surface area (TPSA) is 52.7 Å². The zero-order valence-corrected chi connectivity index (χ0v) is 14.6. The zero-order chi connectivity index (χ0) is 17.0. The van der Waals surface area contributed by atoms with E-state index in [0.717, 1.165) is 19.4 Å². The molecule has 1 unspecified atom stereocenters. The number of hydrogen-bond acceptors (Lipinski definition) is 2. The minimum atomic E-state index is -0.0720. The maximum absolute atomic E-state index is 12.4. The number of likely N-dealkylation sites (tertiary alicyclic amines) is 1. The maximum Gasteiger partial charge on any atom is 0.317 e. The lowest BCUT2D eigenvalue weighted by molar-refractivity contribution is -0.128. The first-order valence-corrected chi connectivity index (χ1v) is 8.22. The minimum Gasteiger partial charge on any atom is -0.349 e. The first-order valence-electron chi connectivity index (χ1n) is 8.22. The van der Waals surface area contributed by atoms with Crippen LogP contribution in [0.25, 0.3) is 0 Å². The van der Waals surface area contributed by atoms with Crippen LogP contribution in [-0.2, 0) is 4.79 Å². The molecule has 1 atom stereocenters. The van der Waals surface area contributed by atoms with Crippen molar-refractivity contribution in [2.75, 3.05) is 27.2 Å². The van der Waals surface area contributed by atoms with Crippen molar-refractivity contribution < 1.29 is 9.59 Å². The number of aryl methyl sites for hydroxylation is 2. The molecule has 1 fully saturated rings. The van der Waals surface area contributed by atoms with Crippen molar-refractivity contribution in [3.05, 3.63) is 34.9 Å². The molecule has 1 N–H and O–H groups in total. The molecule has 3 amide bonds. The smallest absolute Gasteiger partial charge is 0.317 e. The fourth-order valence-corrected chi connectivity index (χ4v) is 2.93. The van der Waals surface area contributed by atoms with Gasteiger partial charge in [0, 0.05) is 33.6 Å². The van der Waals surface area contributed by atoms with Gasteiger partial charge in [-0.15, -0.1) is 0 Å². The molecule has 5 nitrogen and oxygen atoms in total. The maximum atomic E-state index is 12.4. The molecule has 1 saturated heterocycles.